The Bertz CT molecular complexity index is 630. The van der Waals surface area contributed by atoms with E-state index < -0.39 is 10.0 Å². The van der Waals surface area contributed by atoms with Crippen LogP contribution in [0.25, 0.3) is 0 Å². The Morgan fingerprint density at radius 1 is 1.41 bits per heavy atom. The molecule has 0 atom stereocenters. The van der Waals surface area contributed by atoms with Crippen LogP contribution in [0.1, 0.15) is 0 Å². The first-order chi connectivity index (χ1) is 7.99. The summed E-state index contributed by atoms with van der Waals surface area (Å²) in [6.45, 7) is 0. The highest BCUT2D eigenvalue weighted by atomic mass is 79.9. The smallest absolute Gasteiger partial charge is 0.255 e. The molecule has 0 amide bonds. The van der Waals surface area contributed by atoms with Crippen molar-refractivity contribution in [3.63, 3.8) is 0 Å². The first kappa shape index (κ1) is 12.7. The minimum Gasteiger partial charge on any atom is -0.255 e. The monoisotopic (exact) mass is 353 g/mol. The van der Waals surface area contributed by atoms with Crippen molar-refractivity contribution < 1.29 is 8.42 Å². The zero-order valence-electron chi connectivity index (χ0n) is 8.09. The van der Waals surface area contributed by atoms with Crippen molar-refractivity contribution in [3.8, 4) is 0 Å². The van der Waals surface area contributed by atoms with Gasteiger partial charge in [-0.05, 0) is 22.0 Å². The van der Waals surface area contributed by atoms with Gasteiger partial charge in [0.25, 0.3) is 10.0 Å². The van der Waals surface area contributed by atoms with Gasteiger partial charge in [0.2, 0.25) is 0 Å². The summed E-state index contributed by atoms with van der Waals surface area (Å²) >= 11 is 10.1. The van der Waals surface area contributed by atoms with Crippen LogP contribution >= 0.6 is 38.9 Å². The van der Waals surface area contributed by atoms with Crippen molar-refractivity contribution >= 4 is 54.0 Å². The lowest BCUT2D eigenvalue weighted by Crippen LogP contribution is -2.13. The molecular formula is C8H5BrClN3O2S2. The Morgan fingerprint density at radius 2 is 2.18 bits per heavy atom. The largest absolute Gasteiger partial charge is 0.266 e. The number of halogens is 2. The molecule has 0 saturated heterocycles. The number of rotatable bonds is 3. The van der Waals surface area contributed by atoms with Gasteiger partial charge in [-0.15, -0.1) is 11.3 Å². The third-order valence-electron chi connectivity index (χ3n) is 1.72. The molecule has 90 valence electrons. The highest BCUT2D eigenvalue weighted by Gasteiger charge is 2.20. The standard InChI is InChI=1S/C8H5BrClN3O2S2/c9-5-3-6(7(10)12-4-5)17(14,15)13-8-11-1-2-16-8/h1-4H,(H,11,13). The summed E-state index contributed by atoms with van der Waals surface area (Å²) in [7, 11) is -3.76. The average molecular weight is 355 g/mol. The van der Waals surface area contributed by atoms with Crippen LogP contribution in [0.2, 0.25) is 5.15 Å². The fraction of sp³-hybridized carbons (Fsp3) is 0. The maximum atomic E-state index is 12.0. The van der Waals surface area contributed by atoms with E-state index >= 15 is 0 Å². The number of sulfonamides is 1. The lowest BCUT2D eigenvalue weighted by molar-refractivity contribution is 0.601. The molecular weight excluding hydrogens is 350 g/mol. The van der Waals surface area contributed by atoms with Crippen LogP contribution in [0.4, 0.5) is 5.13 Å². The van der Waals surface area contributed by atoms with Crippen LogP contribution in [-0.2, 0) is 10.0 Å². The number of hydrogen-bond acceptors (Lipinski definition) is 5. The molecule has 5 nitrogen and oxygen atoms in total. The van der Waals surface area contributed by atoms with Gasteiger partial charge in [-0.1, -0.05) is 11.6 Å². The number of thiazole rings is 1. The molecule has 17 heavy (non-hydrogen) atoms. The van der Waals surface area contributed by atoms with Crippen molar-refractivity contribution in [2.24, 2.45) is 0 Å². The van der Waals surface area contributed by atoms with E-state index in [2.05, 4.69) is 30.6 Å². The zero-order chi connectivity index (χ0) is 12.5. The summed E-state index contributed by atoms with van der Waals surface area (Å²) in [4.78, 5) is 7.49. The Morgan fingerprint density at radius 3 is 2.82 bits per heavy atom. The van der Waals surface area contributed by atoms with Crippen LogP contribution in [-0.4, -0.2) is 18.4 Å². The molecule has 0 aliphatic carbocycles. The highest BCUT2D eigenvalue weighted by molar-refractivity contribution is 9.10. The first-order valence-electron chi connectivity index (χ1n) is 4.22. The van der Waals surface area contributed by atoms with E-state index in [1.807, 2.05) is 0 Å². The molecule has 2 rings (SSSR count). The van der Waals surface area contributed by atoms with Gasteiger partial charge in [0.1, 0.15) is 10.0 Å². The molecule has 0 saturated carbocycles. The summed E-state index contributed by atoms with van der Waals surface area (Å²) in [6, 6.07) is 1.38. The van der Waals surface area contributed by atoms with Crippen LogP contribution < -0.4 is 4.72 Å². The van der Waals surface area contributed by atoms with Gasteiger partial charge in [-0.25, -0.2) is 18.4 Å². The molecule has 0 bridgehead atoms. The molecule has 2 heterocycles. The zero-order valence-corrected chi connectivity index (χ0v) is 12.1. The third-order valence-corrected chi connectivity index (χ3v) is 4.73. The molecule has 0 radical (unpaired) electrons. The Hall–Kier alpha value is -0.700. The molecule has 0 unspecified atom stereocenters. The van der Waals surface area contributed by atoms with E-state index in [0.29, 0.717) is 4.47 Å². The summed E-state index contributed by atoms with van der Waals surface area (Å²) < 4.78 is 26.8. The topological polar surface area (TPSA) is 72.0 Å². The Balaban J connectivity index is 2.41. The van der Waals surface area contributed by atoms with E-state index in [0.717, 1.165) is 0 Å². The number of anilines is 1. The second-order valence-electron chi connectivity index (χ2n) is 2.89. The Labute approximate surface area is 115 Å². The molecule has 2 aromatic rings. The fourth-order valence-corrected chi connectivity index (χ4v) is 3.77. The van der Waals surface area contributed by atoms with Crippen molar-refractivity contribution in [1.82, 2.24) is 9.97 Å². The lowest BCUT2D eigenvalue weighted by atomic mass is 10.5. The van der Waals surface area contributed by atoms with E-state index in [-0.39, 0.29) is 15.2 Å². The fourth-order valence-electron chi connectivity index (χ4n) is 1.04. The molecule has 0 aromatic carbocycles. The molecule has 2 aromatic heterocycles. The maximum absolute atomic E-state index is 12.0. The third kappa shape index (κ3) is 2.95. The van der Waals surface area contributed by atoms with E-state index in [1.54, 1.807) is 5.38 Å². The van der Waals surface area contributed by atoms with Crippen molar-refractivity contribution in [3.05, 3.63) is 33.5 Å². The predicted molar refractivity (Wildman–Crippen MR) is 69.9 cm³/mol. The van der Waals surface area contributed by atoms with Crippen molar-refractivity contribution in [1.29, 1.82) is 0 Å². The van der Waals surface area contributed by atoms with Gasteiger partial charge in [-0.3, -0.25) is 4.72 Å². The van der Waals surface area contributed by atoms with Crippen LogP contribution in [0.15, 0.2) is 33.2 Å². The van der Waals surface area contributed by atoms with Gasteiger partial charge >= 0.3 is 0 Å². The summed E-state index contributed by atoms with van der Waals surface area (Å²) in [5.74, 6) is 0. The quantitative estimate of drug-likeness (QED) is 0.860. The Kier molecular flexibility index (Phi) is 3.67. The summed E-state index contributed by atoms with van der Waals surface area (Å²) in [5, 5.41) is 1.86. The molecule has 9 heteroatoms. The highest BCUT2D eigenvalue weighted by Crippen LogP contribution is 2.25. The van der Waals surface area contributed by atoms with Crippen LogP contribution in [0, 0.1) is 0 Å². The van der Waals surface area contributed by atoms with Crippen molar-refractivity contribution in [2.75, 3.05) is 4.72 Å². The number of nitrogens with one attached hydrogen (secondary N) is 1. The van der Waals surface area contributed by atoms with Crippen molar-refractivity contribution in [2.45, 2.75) is 4.90 Å². The van der Waals surface area contributed by atoms with Crippen LogP contribution in [0.5, 0.6) is 0 Å². The molecule has 0 aliphatic rings. The molecule has 1 N–H and O–H groups in total. The van der Waals surface area contributed by atoms with E-state index in [9.17, 15) is 8.42 Å². The number of hydrogen-bond donors (Lipinski definition) is 1. The van der Waals surface area contributed by atoms with E-state index in [1.165, 1.54) is 29.8 Å². The van der Waals surface area contributed by atoms with Gasteiger partial charge in [0.05, 0.1) is 0 Å². The SMILES string of the molecule is O=S(=O)(Nc1nccs1)c1cc(Br)cnc1Cl. The predicted octanol–water partition coefficient (Wildman–Crippen LogP) is 2.75. The second-order valence-corrected chi connectivity index (χ2v) is 6.70. The summed E-state index contributed by atoms with van der Waals surface area (Å²) in [6.07, 6.45) is 2.92. The minimum absolute atomic E-state index is 0.0859. The lowest BCUT2D eigenvalue weighted by Gasteiger charge is -2.06. The molecule has 0 fully saturated rings. The summed E-state index contributed by atoms with van der Waals surface area (Å²) in [5.41, 5.74) is 0. The maximum Gasteiger partial charge on any atom is 0.266 e. The number of pyridine rings is 1. The second kappa shape index (κ2) is 4.89. The van der Waals surface area contributed by atoms with Gasteiger partial charge < -0.3 is 0 Å². The van der Waals surface area contributed by atoms with Crippen LogP contribution in [0.3, 0.4) is 0 Å². The minimum atomic E-state index is -3.76. The molecule has 0 aliphatic heterocycles. The van der Waals surface area contributed by atoms with Gasteiger partial charge in [0, 0.05) is 22.2 Å². The first-order valence-corrected chi connectivity index (χ1v) is 7.76. The van der Waals surface area contributed by atoms with Gasteiger partial charge in [-0.2, -0.15) is 0 Å². The normalized spacial score (nSPS) is 11.4. The molecule has 0 spiro atoms. The van der Waals surface area contributed by atoms with Gasteiger partial charge in [0.15, 0.2) is 5.13 Å². The number of nitrogens with zero attached hydrogens (tertiary/aromatic N) is 2. The average Bonchev–Trinajstić information content (AvgIpc) is 2.73. The number of aromatic nitrogens is 2. The van der Waals surface area contributed by atoms with E-state index in [4.69, 9.17) is 11.6 Å².